The molecular weight excluding hydrogens is 440 g/mol. The summed E-state index contributed by atoms with van der Waals surface area (Å²) >= 11 is 0. The van der Waals surface area contributed by atoms with Crippen LogP contribution in [0, 0.1) is 11.8 Å². The molecule has 0 saturated carbocycles. The van der Waals surface area contributed by atoms with Crippen LogP contribution in [0.5, 0.6) is 0 Å². The van der Waals surface area contributed by atoms with Crippen molar-refractivity contribution in [1.82, 2.24) is 9.80 Å². The van der Waals surface area contributed by atoms with E-state index in [1.54, 1.807) is 0 Å². The smallest absolute Gasteiger partial charge is 0.310 e. The van der Waals surface area contributed by atoms with Crippen molar-refractivity contribution in [2.24, 2.45) is 11.8 Å². The molecule has 3 rings (SSSR count). The average molecular weight is 481 g/mol. The SMILES string of the molecule is COC(=O)C[C@@H]1CN(C(C)(C)C)C[C@H](N(Cc2ccccc2)[C@@H](C)c2ccccc2)[C@H]1C(=O)OC. The number of hydrogen-bond donors (Lipinski definition) is 0. The molecule has 0 aromatic heterocycles. The van der Waals surface area contributed by atoms with E-state index >= 15 is 0 Å². The van der Waals surface area contributed by atoms with Crippen LogP contribution >= 0.6 is 0 Å². The third kappa shape index (κ3) is 6.71. The average Bonchev–Trinajstić information content (AvgIpc) is 2.86. The normalized spacial score (nSPS) is 22.0. The summed E-state index contributed by atoms with van der Waals surface area (Å²) in [6, 6.07) is 20.6. The number of carbonyl (C=O) groups is 2. The number of ether oxygens (including phenoxy) is 2. The van der Waals surface area contributed by atoms with Gasteiger partial charge in [-0.3, -0.25) is 19.4 Å². The molecule has 0 amide bonds. The highest BCUT2D eigenvalue weighted by Gasteiger charge is 2.48. The zero-order chi connectivity index (χ0) is 25.6. The lowest BCUT2D eigenvalue weighted by molar-refractivity contribution is -0.159. The molecule has 190 valence electrons. The number of esters is 2. The first-order valence-electron chi connectivity index (χ1n) is 12.4. The molecule has 2 aromatic rings. The summed E-state index contributed by atoms with van der Waals surface area (Å²) in [5.41, 5.74) is 2.24. The lowest BCUT2D eigenvalue weighted by Crippen LogP contribution is -2.62. The van der Waals surface area contributed by atoms with Gasteiger partial charge >= 0.3 is 11.9 Å². The topological polar surface area (TPSA) is 59.1 Å². The van der Waals surface area contributed by atoms with Crippen LogP contribution in [0.25, 0.3) is 0 Å². The van der Waals surface area contributed by atoms with Gasteiger partial charge in [-0.2, -0.15) is 0 Å². The van der Waals surface area contributed by atoms with Gasteiger partial charge in [0.05, 0.1) is 26.6 Å². The molecular formula is C29H40N2O4. The molecule has 35 heavy (non-hydrogen) atoms. The van der Waals surface area contributed by atoms with E-state index in [0.29, 0.717) is 19.6 Å². The molecule has 6 nitrogen and oxygen atoms in total. The summed E-state index contributed by atoms with van der Waals surface area (Å²) in [5.74, 6) is -1.23. The van der Waals surface area contributed by atoms with Crippen LogP contribution in [0.3, 0.4) is 0 Å². The zero-order valence-corrected chi connectivity index (χ0v) is 21.9. The summed E-state index contributed by atoms with van der Waals surface area (Å²) < 4.78 is 10.4. The van der Waals surface area contributed by atoms with Crippen molar-refractivity contribution in [2.75, 3.05) is 27.3 Å². The minimum Gasteiger partial charge on any atom is -0.469 e. The van der Waals surface area contributed by atoms with E-state index in [-0.39, 0.29) is 41.9 Å². The van der Waals surface area contributed by atoms with Crippen LogP contribution in [0.15, 0.2) is 60.7 Å². The molecule has 2 aromatic carbocycles. The number of piperidine rings is 1. The van der Waals surface area contributed by atoms with Crippen molar-refractivity contribution in [1.29, 1.82) is 0 Å². The summed E-state index contributed by atoms with van der Waals surface area (Å²) in [6.45, 7) is 10.7. The third-order valence-electron chi connectivity index (χ3n) is 7.28. The lowest BCUT2D eigenvalue weighted by Gasteiger charge is -2.52. The van der Waals surface area contributed by atoms with Crippen molar-refractivity contribution < 1.29 is 19.1 Å². The predicted octanol–water partition coefficient (Wildman–Crippen LogP) is 4.70. The molecule has 1 aliphatic heterocycles. The maximum absolute atomic E-state index is 13.3. The Labute approximate surface area is 210 Å². The van der Waals surface area contributed by atoms with Gasteiger partial charge in [0, 0.05) is 37.3 Å². The largest absolute Gasteiger partial charge is 0.469 e. The van der Waals surface area contributed by atoms with Gasteiger partial charge in [-0.25, -0.2) is 0 Å². The summed E-state index contributed by atoms with van der Waals surface area (Å²) in [4.78, 5) is 30.5. The molecule has 0 bridgehead atoms. The number of nitrogens with zero attached hydrogens (tertiary/aromatic N) is 2. The van der Waals surface area contributed by atoms with Crippen LogP contribution in [0.1, 0.15) is 51.3 Å². The van der Waals surface area contributed by atoms with Crippen molar-refractivity contribution in [2.45, 2.75) is 58.3 Å². The van der Waals surface area contributed by atoms with E-state index in [9.17, 15) is 9.59 Å². The first-order valence-corrected chi connectivity index (χ1v) is 12.4. The molecule has 0 radical (unpaired) electrons. The van der Waals surface area contributed by atoms with Gasteiger partial charge in [0.2, 0.25) is 0 Å². The van der Waals surface area contributed by atoms with Gasteiger partial charge in [0.1, 0.15) is 0 Å². The fourth-order valence-electron chi connectivity index (χ4n) is 5.22. The molecule has 1 saturated heterocycles. The van der Waals surface area contributed by atoms with E-state index in [2.05, 4.69) is 61.8 Å². The second-order valence-corrected chi connectivity index (χ2v) is 10.5. The Balaban J connectivity index is 2.10. The first-order chi connectivity index (χ1) is 16.7. The molecule has 1 heterocycles. The molecule has 6 heteroatoms. The van der Waals surface area contributed by atoms with Crippen molar-refractivity contribution in [3.63, 3.8) is 0 Å². The van der Waals surface area contributed by atoms with E-state index in [0.717, 1.165) is 0 Å². The Morgan fingerprint density at radius 2 is 1.57 bits per heavy atom. The Kier molecular flexibility index (Phi) is 9.09. The van der Waals surface area contributed by atoms with E-state index in [1.165, 1.54) is 25.3 Å². The Hall–Kier alpha value is -2.70. The van der Waals surface area contributed by atoms with Gasteiger partial charge in [0.15, 0.2) is 0 Å². The third-order valence-corrected chi connectivity index (χ3v) is 7.28. The highest BCUT2D eigenvalue weighted by atomic mass is 16.5. The first kappa shape index (κ1) is 26.9. The van der Waals surface area contributed by atoms with E-state index < -0.39 is 5.92 Å². The standard InChI is InChI=1S/C29H40N2O4/c1-21(23-15-11-8-12-16-23)31(18-22-13-9-7-10-14-22)25-20-30(29(2,3)4)19-24(17-26(32)34-5)27(25)28(33)35-6/h7-16,21,24-25,27H,17-20H2,1-6H3/t21-,24+,25-,27-/m0/s1. The van der Waals surface area contributed by atoms with Crippen molar-refractivity contribution in [3.05, 3.63) is 71.8 Å². The maximum atomic E-state index is 13.3. The monoisotopic (exact) mass is 480 g/mol. The van der Waals surface area contributed by atoms with Gasteiger partial charge in [-0.15, -0.1) is 0 Å². The van der Waals surface area contributed by atoms with Crippen molar-refractivity contribution >= 4 is 11.9 Å². The van der Waals surface area contributed by atoms with Crippen LogP contribution in [0.4, 0.5) is 0 Å². The minimum atomic E-state index is -0.451. The highest BCUT2D eigenvalue weighted by Crippen LogP contribution is 2.38. The van der Waals surface area contributed by atoms with E-state index in [1.807, 2.05) is 36.4 Å². The Bertz CT molecular complexity index is 958. The molecule has 1 aliphatic rings. The molecule has 0 N–H and O–H groups in total. The summed E-state index contributed by atoms with van der Waals surface area (Å²) in [5, 5.41) is 0. The van der Waals surface area contributed by atoms with E-state index in [4.69, 9.17) is 9.47 Å². The number of likely N-dealkylation sites (tertiary alicyclic amines) is 1. The number of benzene rings is 2. The number of methoxy groups -OCH3 is 2. The molecule has 0 aliphatic carbocycles. The summed E-state index contributed by atoms with van der Waals surface area (Å²) in [6.07, 6.45) is 0.179. The second-order valence-electron chi connectivity index (χ2n) is 10.5. The molecule has 0 unspecified atom stereocenters. The fourth-order valence-corrected chi connectivity index (χ4v) is 5.22. The fraction of sp³-hybridized carbons (Fsp3) is 0.517. The molecule has 1 fully saturated rings. The van der Waals surface area contributed by atoms with Crippen LogP contribution in [-0.4, -0.2) is 60.6 Å². The predicted molar refractivity (Wildman–Crippen MR) is 138 cm³/mol. The Morgan fingerprint density at radius 1 is 0.971 bits per heavy atom. The van der Waals surface area contributed by atoms with Gasteiger partial charge in [0.25, 0.3) is 0 Å². The number of rotatable bonds is 8. The van der Waals surface area contributed by atoms with Gasteiger partial charge < -0.3 is 9.47 Å². The Morgan fingerprint density at radius 3 is 2.11 bits per heavy atom. The number of hydrogen-bond acceptors (Lipinski definition) is 6. The highest BCUT2D eigenvalue weighted by molar-refractivity contribution is 5.76. The zero-order valence-electron chi connectivity index (χ0n) is 21.9. The quantitative estimate of drug-likeness (QED) is 0.511. The number of carbonyl (C=O) groups excluding carboxylic acids is 2. The molecule has 0 spiro atoms. The molecule has 4 atom stereocenters. The van der Waals surface area contributed by atoms with Crippen molar-refractivity contribution in [3.8, 4) is 0 Å². The van der Waals surface area contributed by atoms with Gasteiger partial charge in [-0.05, 0) is 44.7 Å². The second kappa shape index (κ2) is 11.8. The van der Waals surface area contributed by atoms with Crippen LogP contribution in [-0.2, 0) is 25.6 Å². The van der Waals surface area contributed by atoms with Crippen LogP contribution in [0.2, 0.25) is 0 Å². The van der Waals surface area contributed by atoms with Gasteiger partial charge in [-0.1, -0.05) is 60.7 Å². The lowest BCUT2D eigenvalue weighted by atomic mass is 9.77. The minimum absolute atomic E-state index is 0.0484. The maximum Gasteiger partial charge on any atom is 0.310 e. The van der Waals surface area contributed by atoms with Crippen LogP contribution < -0.4 is 0 Å². The summed E-state index contributed by atoms with van der Waals surface area (Å²) in [7, 11) is 2.84.